The third kappa shape index (κ3) is 6.72. The number of aliphatic hydroxyl groups excluding tert-OH is 1. The Hall–Kier alpha value is -0.910. The third-order valence-electron chi connectivity index (χ3n) is 5.06. The molecule has 0 unspecified atom stereocenters. The predicted molar refractivity (Wildman–Crippen MR) is 105 cm³/mol. The van der Waals surface area contributed by atoms with Crippen molar-refractivity contribution in [3.05, 3.63) is 21.9 Å². The van der Waals surface area contributed by atoms with Gasteiger partial charge < -0.3 is 15.3 Å². The van der Waals surface area contributed by atoms with Crippen LogP contribution in [0.15, 0.2) is 11.4 Å². The van der Waals surface area contributed by atoms with Crippen molar-refractivity contribution in [3.8, 4) is 0 Å². The molecule has 1 aliphatic heterocycles. The summed E-state index contributed by atoms with van der Waals surface area (Å²) < 4.78 is 0. The van der Waals surface area contributed by atoms with Crippen molar-refractivity contribution in [2.75, 3.05) is 19.6 Å². The van der Waals surface area contributed by atoms with E-state index in [1.807, 2.05) is 18.4 Å². The van der Waals surface area contributed by atoms with Crippen molar-refractivity contribution in [1.82, 2.24) is 10.2 Å². The Morgan fingerprint density at radius 2 is 2.00 bits per heavy atom. The van der Waals surface area contributed by atoms with Gasteiger partial charge in [0.2, 0.25) is 5.91 Å². The second-order valence-electron chi connectivity index (χ2n) is 7.26. The minimum Gasteiger partial charge on any atom is -0.385 e. The van der Waals surface area contributed by atoms with Gasteiger partial charge in [0.15, 0.2) is 0 Å². The van der Waals surface area contributed by atoms with Crippen molar-refractivity contribution >= 4 is 17.2 Å². The van der Waals surface area contributed by atoms with Crippen LogP contribution in [0, 0.1) is 6.92 Å². The maximum atomic E-state index is 12.4. The molecule has 0 bridgehead atoms. The molecule has 2 rings (SSSR count). The second kappa shape index (κ2) is 10.9. The van der Waals surface area contributed by atoms with Crippen LogP contribution < -0.4 is 5.32 Å². The fourth-order valence-electron chi connectivity index (χ4n) is 3.51. The standard InChI is InChI=1S/C20H34N2O2S/c1-3-4-5-6-7-10-18(23)21-17(15-22-12-8-9-13-22)19(24)20-16(2)11-14-25-20/h11,14,17,19,24H,3-10,12-13,15H2,1-2H3,(H,21,23)/t17-,19+/m1/s1. The Labute approximate surface area is 156 Å². The van der Waals surface area contributed by atoms with E-state index in [0.29, 0.717) is 6.42 Å². The molecule has 142 valence electrons. The summed E-state index contributed by atoms with van der Waals surface area (Å²) in [5.41, 5.74) is 1.11. The number of hydrogen-bond acceptors (Lipinski definition) is 4. The van der Waals surface area contributed by atoms with Crippen molar-refractivity contribution in [1.29, 1.82) is 0 Å². The van der Waals surface area contributed by atoms with E-state index >= 15 is 0 Å². The van der Waals surface area contributed by atoms with Gasteiger partial charge in [0, 0.05) is 17.8 Å². The second-order valence-corrected chi connectivity index (χ2v) is 8.21. The Balaban J connectivity index is 1.89. The summed E-state index contributed by atoms with van der Waals surface area (Å²) >= 11 is 1.58. The lowest BCUT2D eigenvalue weighted by molar-refractivity contribution is -0.123. The quantitative estimate of drug-likeness (QED) is 0.581. The van der Waals surface area contributed by atoms with Crippen LogP contribution in [0.25, 0.3) is 0 Å². The van der Waals surface area contributed by atoms with E-state index in [2.05, 4.69) is 17.1 Å². The maximum Gasteiger partial charge on any atom is 0.220 e. The highest BCUT2D eigenvalue weighted by molar-refractivity contribution is 7.10. The molecule has 0 aromatic carbocycles. The molecule has 5 heteroatoms. The van der Waals surface area contributed by atoms with Crippen LogP contribution >= 0.6 is 11.3 Å². The summed E-state index contributed by atoms with van der Waals surface area (Å²) in [7, 11) is 0. The lowest BCUT2D eigenvalue weighted by Crippen LogP contribution is -2.46. The maximum absolute atomic E-state index is 12.4. The zero-order valence-corrected chi connectivity index (χ0v) is 16.6. The van der Waals surface area contributed by atoms with E-state index in [4.69, 9.17) is 0 Å². The van der Waals surface area contributed by atoms with E-state index in [-0.39, 0.29) is 11.9 Å². The monoisotopic (exact) mass is 366 g/mol. The van der Waals surface area contributed by atoms with Gasteiger partial charge in [-0.1, -0.05) is 32.6 Å². The molecule has 1 fully saturated rings. The van der Waals surface area contributed by atoms with Gasteiger partial charge in [-0.25, -0.2) is 0 Å². The zero-order chi connectivity index (χ0) is 18.1. The number of aryl methyl sites for hydroxylation is 1. The van der Waals surface area contributed by atoms with Gasteiger partial charge in [-0.15, -0.1) is 11.3 Å². The average Bonchev–Trinajstić information content (AvgIpc) is 3.25. The molecule has 1 aromatic rings. The first kappa shape index (κ1) is 20.4. The van der Waals surface area contributed by atoms with Crippen LogP contribution in [0.5, 0.6) is 0 Å². The lowest BCUT2D eigenvalue weighted by atomic mass is 10.1. The van der Waals surface area contributed by atoms with Crippen LogP contribution in [0.3, 0.4) is 0 Å². The number of likely N-dealkylation sites (tertiary alicyclic amines) is 1. The molecule has 1 aromatic heterocycles. The number of unbranched alkanes of at least 4 members (excludes halogenated alkanes) is 4. The Bertz CT molecular complexity index is 512. The van der Waals surface area contributed by atoms with Crippen molar-refractivity contribution in [2.24, 2.45) is 0 Å². The number of carbonyl (C=O) groups is 1. The van der Waals surface area contributed by atoms with Crippen molar-refractivity contribution in [3.63, 3.8) is 0 Å². The largest absolute Gasteiger partial charge is 0.385 e. The first-order valence-corrected chi connectivity index (χ1v) is 10.7. The van der Waals surface area contributed by atoms with Gasteiger partial charge in [0.25, 0.3) is 0 Å². The molecule has 0 aliphatic carbocycles. The number of hydrogen-bond donors (Lipinski definition) is 2. The molecular weight excluding hydrogens is 332 g/mol. The predicted octanol–water partition coefficient (Wildman–Crippen LogP) is 4.03. The van der Waals surface area contributed by atoms with Gasteiger partial charge in [-0.3, -0.25) is 4.79 Å². The van der Waals surface area contributed by atoms with Crippen LogP contribution in [0.1, 0.15) is 74.8 Å². The van der Waals surface area contributed by atoms with Crippen LogP contribution in [-0.2, 0) is 4.79 Å². The molecular formula is C20H34N2O2S. The van der Waals surface area contributed by atoms with Crippen molar-refractivity contribution in [2.45, 2.75) is 77.4 Å². The van der Waals surface area contributed by atoms with Crippen LogP contribution in [0.4, 0.5) is 0 Å². The molecule has 1 amide bonds. The molecule has 0 saturated carbocycles. The molecule has 2 N–H and O–H groups in total. The van der Waals surface area contributed by atoms with E-state index in [0.717, 1.165) is 42.9 Å². The molecule has 1 saturated heterocycles. The molecule has 1 aliphatic rings. The summed E-state index contributed by atoms with van der Waals surface area (Å²) in [6.45, 7) is 7.10. The third-order valence-corrected chi connectivity index (χ3v) is 6.15. The van der Waals surface area contributed by atoms with Gasteiger partial charge in [-0.2, -0.15) is 0 Å². The minimum atomic E-state index is -0.621. The Kier molecular flexibility index (Phi) is 8.93. The number of amides is 1. The highest BCUT2D eigenvalue weighted by Crippen LogP contribution is 2.27. The zero-order valence-electron chi connectivity index (χ0n) is 15.8. The summed E-state index contributed by atoms with van der Waals surface area (Å²) in [4.78, 5) is 15.7. The Morgan fingerprint density at radius 3 is 2.64 bits per heavy atom. The van der Waals surface area contributed by atoms with E-state index < -0.39 is 6.10 Å². The number of aliphatic hydroxyl groups is 1. The molecule has 2 heterocycles. The molecule has 0 spiro atoms. The topological polar surface area (TPSA) is 52.6 Å². The van der Waals surface area contributed by atoms with Gasteiger partial charge >= 0.3 is 0 Å². The molecule has 0 radical (unpaired) electrons. The number of nitrogens with one attached hydrogen (secondary N) is 1. The van der Waals surface area contributed by atoms with Gasteiger partial charge in [0.05, 0.1) is 6.04 Å². The van der Waals surface area contributed by atoms with Crippen molar-refractivity contribution < 1.29 is 9.90 Å². The molecule has 25 heavy (non-hydrogen) atoms. The number of thiophene rings is 1. The summed E-state index contributed by atoms with van der Waals surface area (Å²) in [6, 6.07) is 1.81. The van der Waals surface area contributed by atoms with E-state index in [9.17, 15) is 9.90 Å². The normalized spacial score (nSPS) is 17.6. The first-order valence-electron chi connectivity index (χ1n) is 9.85. The molecule has 4 nitrogen and oxygen atoms in total. The SMILES string of the molecule is CCCCCCCC(=O)N[C@H](CN1CCCC1)[C@H](O)c1sccc1C. The van der Waals surface area contributed by atoms with Crippen LogP contribution in [0.2, 0.25) is 0 Å². The average molecular weight is 367 g/mol. The minimum absolute atomic E-state index is 0.0777. The summed E-state index contributed by atoms with van der Waals surface area (Å²) in [5.74, 6) is 0.0777. The van der Waals surface area contributed by atoms with Crippen LogP contribution in [-0.4, -0.2) is 41.6 Å². The van der Waals surface area contributed by atoms with Gasteiger partial charge in [-0.05, 0) is 56.3 Å². The van der Waals surface area contributed by atoms with E-state index in [1.165, 1.54) is 32.1 Å². The highest BCUT2D eigenvalue weighted by Gasteiger charge is 2.28. The fourth-order valence-corrected chi connectivity index (χ4v) is 4.48. The highest BCUT2D eigenvalue weighted by atomic mass is 32.1. The summed E-state index contributed by atoms with van der Waals surface area (Å²) in [5, 5.41) is 16.0. The summed E-state index contributed by atoms with van der Waals surface area (Å²) in [6.07, 6.45) is 8.10. The number of nitrogens with zero attached hydrogens (tertiary/aromatic N) is 1. The first-order chi connectivity index (χ1) is 12.1. The smallest absolute Gasteiger partial charge is 0.220 e. The Morgan fingerprint density at radius 1 is 1.28 bits per heavy atom. The number of rotatable bonds is 11. The lowest BCUT2D eigenvalue weighted by Gasteiger charge is -2.28. The molecule has 2 atom stereocenters. The van der Waals surface area contributed by atoms with Gasteiger partial charge in [0.1, 0.15) is 6.10 Å². The number of carbonyl (C=O) groups excluding carboxylic acids is 1. The fraction of sp³-hybridized carbons (Fsp3) is 0.750. The van der Waals surface area contributed by atoms with E-state index in [1.54, 1.807) is 11.3 Å².